The third-order valence-electron chi connectivity index (χ3n) is 3.43. The van der Waals surface area contributed by atoms with E-state index >= 15 is 0 Å². The van der Waals surface area contributed by atoms with Crippen molar-refractivity contribution in [1.29, 1.82) is 0 Å². The van der Waals surface area contributed by atoms with Crippen LogP contribution in [0.4, 0.5) is 4.79 Å². The van der Waals surface area contributed by atoms with Gasteiger partial charge in [-0.25, -0.2) is 4.79 Å². The van der Waals surface area contributed by atoms with Crippen LogP contribution in [0.25, 0.3) is 0 Å². The Labute approximate surface area is 129 Å². The standard InChI is InChI=1S/C16H22BrNO2/c1-16(2,3)18-15(19)20-10-11-4-5-13-9-14(17)7-6-12(13)8-11/h6-7,9,11H,4-5,8,10H2,1-3H3,(H,18,19). The molecule has 0 saturated heterocycles. The molecule has 1 aliphatic rings. The molecule has 1 unspecified atom stereocenters. The van der Waals surface area contributed by atoms with E-state index in [0.29, 0.717) is 12.5 Å². The number of benzene rings is 1. The number of amides is 1. The second-order valence-corrected chi connectivity index (χ2v) is 7.41. The molecule has 0 radical (unpaired) electrons. The van der Waals surface area contributed by atoms with E-state index in [4.69, 9.17) is 4.74 Å². The minimum atomic E-state index is -0.320. The van der Waals surface area contributed by atoms with Gasteiger partial charge in [0.1, 0.15) is 0 Å². The lowest BCUT2D eigenvalue weighted by Gasteiger charge is -2.25. The normalized spacial score (nSPS) is 18.3. The fourth-order valence-corrected chi connectivity index (χ4v) is 2.89. The Morgan fingerprint density at radius 2 is 2.15 bits per heavy atom. The Morgan fingerprint density at radius 1 is 1.40 bits per heavy atom. The fourth-order valence-electron chi connectivity index (χ4n) is 2.48. The van der Waals surface area contributed by atoms with Gasteiger partial charge in [-0.2, -0.15) is 0 Å². The monoisotopic (exact) mass is 339 g/mol. The van der Waals surface area contributed by atoms with E-state index < -0.39 is 0 Å². The summed E-state index contributed by atoms with van der Waals surface area (Å²) < 4.78 is 6.47. The largest absolute Gasteiger partial charge is 0.449 e. The molecule has 2 rings (SSSR count). The first-order valence-corrected chi connectivity index (χ1v) is 7.85. The van der Waals surface area contributed by atoms with Crippen molar-refractivity contribution in [3.05, 3.63) is 33.8 Å². The number of nitrogens with one attached hydrogen (secondary N) is 1. The molecule has 1 N–H and O–H groups in total. The molecular formula is C16H22BrNO2. The van der Waals surface area contributed by atoms with Gasteiger partial charge in [0, 0.05) is 10.0 Å². The molecule has 0 saturated carbocycles. The summed E-state index contributed by atoms with van der Waals surface area (Å²) in [5.74, 6) is 0.425. The molecule has 3 nitrogen and oxygen atoms in total. The summed E-state index contributed by atoms with van der Waals surface area (Å²) >= 11 is 3.51. The van der Waals surface area contributed by atoms with Crippen LogP contribution >= 0.6 is 15.9 Å². The first-order valence-electron chi connectivity index (χ1n) is 7.06. The number of ether oxygens (including phenoxy) is 1. The Bertz CT molecular complexity index is 494. The maximum atomic E-state index is 11.7. The number of alkyl carbamates (subject to hydrolysis) is 1. The van der Waals surface area contributed by atoms with Crippen molar-refractivity contribution in [3.63, 3.8) is 0 Å². The summed E-state index contributed by atoms with van der Waals surface area (Å²) in [5, 5.41) is 2.82. The van der Waals surface area contributed by atoms with Crippen molar-refractivity contribution in [2.75, 3.05) is 6.61 Å². The maximum absolute atomic E-state index is 11.7. The smallest absolute Gasteiger partial charge is 0.407 e. The predicted octanol–water partition coefficient (Wildman–Crippen LogP) is 4.08. The van der Waals surface area contributed by atoms with Crippen molar-refractivity contribution in [2.45, 2.75) is 45.6 Å². The van der Waals surface area contributed by atoms with Gasteiger partial charge in [0.25, 0.3) is 0 Å². The summed E-state index contributed by atoms with van der Waals surface area (Å²) in [5.41, 5.74) is 2.54. The van der Waals surface area contributed by atoms with Crippen molar-refractivity contribution >= 4 is 22.0 Å². The topological polar surface area (TPSA) is 38.3 Å². The highest BCUT2D eigenvalue weighted by molar-refractivity contribution is 9.10. The molecule has 1 aliphatic carbocycles. The van der Waals surface area contributed by atoms with Gasteiger partial charge in [0.15, 0.2) is 0 Å². The average Bonchev–Trinajstić information content (AvgIpc) is 2.34. The number of aryl methyl sites for hydroxylation is 1. The number of fused-ring (bicyclic) bond motifs is 1. The first kappa shape index (κ1) is 15.4. The second kappa shape index (κ2) is 6.17. The van der Waals surface area contributed by atoms with E-state index in [9.17, 15) is 4.79 Å². The van der Waals surface area contributed by atoms with Crippen molar-refractivity contribution < 1.29 is 9.53 Å². The van der Waals surface area contributed by atoms with Crippen LogP contribution in [-0.2, 0) is 17.6 Å². The van der Waals surface area contributed by atoms with Crippen LogP contribution in [0.3, 0.4) is 0 Å². The highest BCUT2D eigenvalue weighted by Gasteiger charge is 2.21. The first-order chi connectivity index (χ1) is 9.33. The number of carbonyl (C=O) groups excluding carboxylic acids is 1. The molecule has 1 amide bonds. The lowest BCUT2D eigenvalue weighted by Crippen LogP contribution is -2.41. The summed E-state index contributed by atoms with van der Waals surface area (Å²) in [6.07, 6.45) is 2.81. The summed E-state index contributed by atoms with van der Waals surface area (Å²) in [6.45, 7) is 6.34. The summed E-state index contributed by atoms with van der Waals surface area (Å²) in [6, 6.07) is 6.44. The summed E-state index contributed by atoms with van der Waals surface area (Å²) in [7, 11) is 0. The number of hydrogen-bond acceptors (Lipinski definition) is 2. The third kappa shape index (κ3) is 4.51. The van der Waals surface area contributed by atoms with Crippen LogP contribution in [0.1, 0.15) is 38.3 Å². The van der Waals surface area contributed by atoms with Crippen molar-refractivity contribution in [2.24, 2.45) is 5.92 Å². The van der Waals surface area contributed by atoms with E-state index in [0.717, 1.165) is 23.7 Å². The van der Waals surface area contributed by atoms with Gasteiger partial charge in [-0.15, -0.1) is 0 Å². The molecule has 4 heteroatoms. The van der Waals surface area contributed by atoms with Gasteiger partial charge in [0.2, 0.25) is 0 Å². The van der Waals surface area contributed by atoms with Gasteiger partial charge in [-0.05, 0) is 69.2 Å². The molecule has 0 fully saturated rings. The van der Waals surface area contributed by atoms with Gasteiger partial charge >= 0.3 is 6.09 Å². The van der Waals surface area contributed by atoms with Crippen LogP contribution in [0.5, 0.6) is 0 Å². The van der Waals surface area contributed by atoms with Crippen LogP contribution < -0.4 is 5.32 Å². The van der Waals surface area contributed by atoms with Crippen LogP contribution in [-0.4, -0.2) is 18.2 Å². The molecule has 0 aliphatic heterocycles. The zero-order valence-electron chi connectivity index (χ0n) is 12.3. The minimum absolute atomic E-state index is 0.247. The fraction of sp³-hybridized carbons (Fsp3) is 0.562. The Kier molecular flexibility index (Phi) is 4.74. The Balaban J connectivity index is 1.85. The highest BCUT2D eigenvalue weighted by atomic mass is 79.9. The minimum Gasteiger partial charge on any atom is -0.449 e. The Hall–Kier alpha value is -1.03. The van der Waals surface area contributed by atoms with E-state index in [1.807, 2.05) is 20.8 Å². The third-order valence-corrected chi connectivity index (χ3v) is 3.92. The van der Waals surface area contributed by atoms with Gasteiger partial charge < -0.3 is 10.1 Å². The molecule has 110 valence electrons. The van der Waals surface area contributed by atoms with E-state index in [1.165, 1.54) is 11.1 Å². The van der Waals surface area contributed by atoms with Crippen molar-refractivity contribution in [3.8, 4) is 0 Å². The number of carbonyl (C=O) groups is 1. The lowest BCUT2D eigenvalue weighted by molar-refractivity contribution is 0.116. The molecule has 20 heavy (non-hydrogen) atoms. The van der Waals surface area contributed by atoms with E-state index in [-0.39, 0.29) is 11.6 Å². The molecule has 1 aromatic rings. The van der Waals surface area contributed by atoms with Crippen LogP contribution in [0.2, 0.25) is 0 Å². The number of hydrogen-bond donors (Lipinski definition) is 1. The molecule has 1 aromatic carbocycles. The molecule has 0 aromatic heterocycles. The lowest BCUT2D eigenvalue weighted by atomic mass is 9.84. The molecule has 0 heterocycles. The highest BCUT2D eigenvalue weighted by Crippen LogP contribution is 2.28. The quantitative estimate of drug-likeness (QED) is 0.881. The number of rotatable bonds is 2. The van der Waals surface area contributed by atoms with E-state index in [1.54, 1.807) is 0 Å². The SMILES string of the molecule is CC(C)(C)NC(=O)OCC1CCc2cc(Br)ccc2C1. The van der Waals surface area contributed by atoms with Gasteiger partial charge in [-0.3, -0.25) is 0 Å². The number of halogens is 1. The molecule has 0 bridgehead atoms. The second-order valence-electron chi connectivity index (χ2n) is 6.50. The molecule has 1 atom stereocenters. The predicted molar refractivity (Wildman–Crippen MR) is 83.9 cm³/mol. The summed E-state index contributed by atoms with van der Waals surface area (Å²) in [4.78, 5) is 11.7. The van der Waals surface area contributed by atoms with E-state index in [2.05, 4.69) is 39.4 Å². The zero-order chi connectivity index (χ0) is 14.8. The van der Waals surface area contributed by atoms with Gasteiger partial charge in [0.05, 0.1) is 6.61 Å². The van der Waals surface area contributed by atoms with Gasteiger partial charge in [-0.1, -0.05) is 22.0 Å². The van der Waals surface area contributed by atoms with Crippen LogP contribution in [0, 0.1) is 5.92 Å². The van der Waals surface area contributed by atoms with Crippen molar-refractivity contribution in [1.82, 2.24) is 5.32 Å². The zero-order valence-corrected chi connectivity index (χ0v) is 13.9. The molecular weight excluding hydrogens is 318 g/mol. The average molecular weight is 340 g/mol. The Morgan fingerprint density at radius 3 is 2.85 bits per heavy atom. The molecule has 0 spiro atoms. The maximum Gasteiger partial charge on any atom is 0.407 e. The van der Waals surface area contributed by atoms with Crippen LogP contribution in [0.15, 0.2) is 22.7 Å².